The van der Waals surface area contributed by atoms with Crippen molar-refractivity contribution in [3.05, 3.63) is 258 Å². The van der Waals surface area contributed by atoms with Gasteiger partial charge in [0.25, 0.3) is 0 Å². The Morgan fingerprint density at radius 2 is 0.803 bits per heavy atom. The van der Waals surface area contributed by atoms with E-state index in [0.29, 0.717) is 0 Å². The number of hydrogen-bond donors (Lipinski definition) is 0. The van der Waals surface area contributed by atoms with Gasteiger partial charge >= 0.3 is 0 Å². The lowest BCUT2D eigenvalue weighted by Gasteiger charge is -2.36. The zero-order valence-electron chi connectivity index (χ0n) is 36.7. The number of fused-ring (bicyclic) bond motifs is 18. The lowest BCUT2D eigenvalue weighted by atomic mass is 9.66. The molecule has 1 heterocycles. The van der Waals surface area contributed by atoms with Crippen molar-refractivity contribution in [1.82, 2.24) is 0 Å². The molecule has 11 aromatic rings. The van der Waals surface area contributed by atoms with Crippen LogP contribution in [0.4, 0.5) is 17.1 Å². The number of hydrogen-bond acceptors (Lipinski definition) is 2. The molecule has 14 rings (SSSR count). The normalized spacial score (nSPS) is 15.6. The lowest BCUT2D eigenvalue weighted by Crippen LogP contribution is -2.29. The maximum Gasteiger partial charge on any atom is 0.0726 e. The number of thiophene rings is 1. The van der Waals surface area contributed by atoms with Crippen LogP contribution in [0.15, 0.2) is 224 Å². The van der Waals surface area contributed by atoms with Crippen molar-refractivity contribution in [2.75, 3.05) is 4.90 Å². The van der Waals surface area contributed by atoms with Crippen molar-refractivity contribution in [2.24, 2.45) is 0 Å². The highest BCUT2D eigenvalue weighted by molar-refractivity contribution is 7.25. The molecule has 1 aromatic heterocycles. The number of benzene rings is 10. The number of rotatable bonds is 4. The van der Waals surface area contributed by atoms with E-state index in [-0.39, 0.29) is 5.41 Å². The average Bonchev–Trinajstić information content (AvgIpc) is 3.93. The zero-order chi connectivity index (χ0) is 43.7. The highest BCUT2D eigenvalue weighted by atomic mass is 32.1. The van der Waals surface area contributed by atoms with E-state index in [4.69, 9.17) is 0 Å². The fourth-order valence-electron chi connectivity index (χ4n) is 12.2. The van der Waals surface area contributed by atoms with Gasteiger partial charge in [-0.2, -0.15) is 0 Å². The van der Waals surface area contributed by atoms with E-state index in [2.05, 4.69) is 243 Å². The summed E-state index contributed by atoms with van der Waals surface area (Å²) >= 11 is 1.91. The molecule has 0 saturated heterocycles. The lowest BCUT2D eigenvalue weighted by molar-refractivity contribution is 0.660. The second kappa shape index (κ2) is 13.9. The van der Waals surface area contributed by atoms with Gasteiger partial charge in [0.2, 0.25) is 0 Å². The summed E-state index contributed by atoms with van der Waals surface area (Å²) in [6.07, 6.45) is 0. The van der Waals surface area contributed by atoms with E-state index in [1.54, 1.807) is 0 Å². The molecule has 1 atom stereocenters. The Bertz CT molecular complexity index is 3800. The quantitative estimate of drug-likeness (QED) is 0.170. The molecule has 1 unspecified atom stereocenters. The molecule has 2 heteroatoms. The molecule has 3 aliphatic rings. The molecule has 10 aromatic carbocycles. The zero-order valence-corrected chi connectivity index (χ0v) is 37.5. The maximum absolute atomic E-state index is 2.55. The Hall–Kier alpha value is -7.78. The summed E-state index contributed by atoms with van der Waals surface area (Å²) in [5, 5.41) is 2.66. The van der Waals surface area contributed by atoms with E-state index >= 15 is 0 Å². The summed E-state index contributed by atoms with van der Waals surface area (Å²) in [6, 6.07) is 84.8. The van der Waals surface area contributed by atoms with Crippen LogP contribution in [-0.2, 0) is 10.8 Å². The van der Waals surface area contributed by atoms with Crippen LogP contribution >= 0.6 is 11.3 Å². The third-order valence-corrected chi connectivity index (χ3v) is 16.2. The summed E-state index contributed by atoms with van der Waals surface area (Å²) < 4.78 is 2.65. The topological polar surface area (TPSA) is 3.24 Å². The highest BCUT2D eigenvalue weighted by Gasteiger charge is 2.50. The summed E-state index contributed by atoms with van der Waals surface area (Å²) in [6.45, 7) is 4.75. The van der Waals surface area contributed by atoms with Crippen LogP contribution < -0.4 is 4.90 Å². The van der Waals surface area contributed by atoms with Crippen molar-refractivity contribution >= 4 is 48.6 Å². The molecule has 66 heavy (non-hydrogen) atoms. The van der Waals surface area contributed by atoms with E-state index in [1.165, 1.54) is 109 Å². The Labute approximate surface area is 389 Å². The molecule has 3 aliphatic carbocycles. The van der Waals surface area contributed by atoms with Crippen LogP contribution in [0.5, 0.6) is 0 Å². The van der Waals surface area contributed by atoms with Gasteiger partial charge in [-0.15, -0.1) is 11.3 Å². The van der Waals surface area contributed by atoms with Gasteiger partial charge in [-0.25, -0.2) is 0 Å². The molecular formula is C64H43NS. The smallest absolute Gasteiger partial charge is 0.0726 e. The number of nitrogens with zero attached hydrogens (tertiary/aromatic N) is 1. The van der Waals surface area contributed by atoms with Gasteiger partial charge < -0.3 is 4.90 Å². The fraction of sp³-hybridized carbons (Fsp3) is 0.0625. The van der Waals surface area contributed by atoms with Gasteiger partial charge in [0, 0.05) is 42.6 Å². The van der Waals surface area contributed by atoms with E-state index in [0.717, 1.165) is 17.1 Å². The van der Waals surface area contributed by atoms with Crippen LogP contribution in [0.2, 0.25) is 0 Å². The SMILES string of the molecule is CC1(C)c2ccccc2-c2ccc(N(c3ccc(-c4ccccc4)cc3)c3ccc4c(c3)-c3ccccc3-c3ccccc3C43c4ccccc4-c4cc5c(cc43)sc3ccccc35)cc21. The first-order valence-electron chi connectivity index (χ1n) is 23.1. The van der Waals surface area contributed by atoms with E-state index < -0.39 is 5.41 Å². The third-order valence-electron chi connectivity index (χ3n) is 15.1. The molecule has 0 aliphatic heterocycles. The van der Waals surface area contributed by atoms with Crippen LogP contribution in [0.3, 0.4) is 0 Å². The molecular weight excluding hydrogens is 815 g/mol. The second-order valence-electron chi connectivity index (χ2n) is 18.8. The van der Waals surface area contributed by atoms with Gasteiger partial charge in [-0.3, -0.25) is 0 Å². The van der Waals surface area contributed by atoms with Crippen LogP contribution in [0.1, 0.15) is 47.2 Å². The van der Waals surface area contributed by atoms with Crippen molar-refractivity contribution in [3.8, 4) is 55.6 Å². The van der Waals surface area contributed by atoms with Crippen molar-refractivity contribution < 1.29 is 0 Å². The van der Waals surface area contributed by atoms with Crippen molar-refractivity contribution in [3.63, 3.8) is 0 Å². The molecule has 0 N–H and O–H groups in total. The van der Waals surface area contributed by atoms with Crippen LogP contribution in [0.25, 0.3) is 75.8 Å². The fourth-order valence-corrected chi connectivity index (χ4v) is 13.3. The average molecular weight is 858 g/mol. The number of anilines is 3. The van der Waals surface area contributed by atoms with E-state index in [9.17, 15) is 0 Å². The standard InChI is InChI=1S/C64H43NS/c1-63(2)55-24-12-8-21-48(55)50-34-32-44(37-59(50)63)65(42-30-28-41(29-31-42)40-16-4-3-5-17-40)43-33-35-58-52(36-43)46-19-7-6-18-45(46)47-20-9-13-25-56(47)64(58)57-26-14-10-22-49(57)53-38-54-51-23-11-15-27-61(51)66-62(54)39-60(53)64/h3-39H,1-2H3. The first-order valence-corrected chi connectivity index (χ1v) is 23.9. The minimum absolute atomic E-state index is 0.140. The third kappa shape index (κ3) is 5.11. The summed E-state index contributed by atoms with van der Waals surface area (Å²) in [4.78, 5) is 2.49. The Kier molecular flexibility index (Phi) is 7.89. The van der Waals surface area contributed by atoms with Crippen LogP contribution in [0, 0.1) is 0 Å². The molecule has 310 valence electrons. The van der Waals surface area contributed by atoms with Gasteiger partial charge in [-0.05, 0) is 144 Å². The highest BCUT2D eigenvalue weighted by Crippen LogP contribution is 2.63. The largest absolute Gasteiger partial charge is 0.310 e. The Morgan fingerprint density at radius 1 is 0.303 bits per heavy atom. The molecule has 0 amide bonds. The van der Waals surface area contributed by atoms with Gasteiger partial charge in [0.15, 0.2) is 0 Å². The molecule has 1 nitrogen and oxygen atoms in total. The Morgan fingerprint density at radius 3 is 1.55 bits per heavy atom. The molecule has 1 spiro atoms. The van der Waals surface area contributed by atoms with Gasteiger partial charge in [0.1, 0.15) is 0 Å². The predicted octanol–water partition coefficient (Wildman–Crippen LogP) is 17.5. The summed E-state index contributed by atoms with van der Waals surface area (Å²) in [5.74, 6) is 0. The van der Waals surface area contributed by atoms with Gasteiger partial charge in [0.05, 0.1) is 5.41 Å². The minimum atomic E-state index is -0.578. The minimum Gasteiger partial charge on any atom is -0.310 e. The van der Waals surface area contributed by atoms with Crippen molar-refractivity contribution in [1.29, 1.82) is 0 Å². The first-order chi connectivity index (χ1) is 32.5. The summed E-state index contributed by atoms with van der Waals surface area (Å²) in [5.41, 5.74) is 23.4. The van der Waals surface area contributed by atoms with Crippen LogP contribution in [-0.4, -0.2) is 0 Å². The molecule has 0 saturated carbocycles. The molecule has 0 bridgehead atoms. The summed E-state index contributed by atoms with van der Waals surface area (Å²) in [7, 11) is 0. The van der Waals surface area contributed by atoms with Crippen molar-refractivity contribution in [2.45, 2.75) is 24.7 Å². The monoisotopic (exact) mass is 857 g/mol. The molecule has 0 radical (unpaired) electrons. The second-order valence-corrected chi connectivity index (χ2v) is 19.8. The van der Waals surface area contributed by atoms with E-state index in [1.807, 2.05) is 11.3 Å². The Balaban J connectivity index is 1.05. The van der Waals surface area contributed by atoms with Gasteiger partial charge in [-0.1, -0.05) is 184 Å². The first kappa shape index (κ1) is 37.6. The maximum atomic E-state index is 2.55. The predicted molar refractivity (Wildman–Crippen MR) is 279 cm³/mol. The molecule has 0 fully saturated rings.